The third kappa shape index (κ3) is 1.01. The topological polar surface area (TPSA) is 23.8 Å². The van der Waals surface area contributed by atoms with Gasteiger partial charge in [-0.2, -0.15) is 11.3 Å². The highest BCUT2D eigenvalue weighted by Gasteiger charge is 1.83. The molecule has 0 aliphatic heterocycles. The van der Waals surface area contributed by atoms with Crippen LogP contribution in [0.15, 0.2) is 16.8 Å². The Morgan fingerprint density at radius 3 is 2.86 bits per heavy atom. The minimum Gasteiger partial charge on any atom is -0.253 e. The van der Waals surface area contributed by atoms with Gasteiger partial charge in [0.2, 0.25) is 0 Å². The van der Waals surface area contributed by atoms with Crippen molar-refractivity contribution >= 4 is 11.3 Å². The summed E-state index contributed by atoms with van der Waals surface area (Å²) in [5.41, 5.74) is 7.98. The molecule has 0 amide bonds. The van der Waals surface area contributed by atoms with Gasteiger partial charge in [0, 0.05) is 6.54 Å². The lowest BCUT2D eigenvalue weighted by Gasteiger charge is -1.78. The van der Waals surface area contributed by atoms with Gasteiger partial charge in [-0.15, -0.1) is 0 Å². The van der Waals surface area contributed by atoms with Crippen molar-refractivity contribution in [2.24, 2.45) is 0 Å². The standard InChI is InChI=1S/C5H6NS/c6-3-5-1-2-7-4-5/h1-2,4,6H,3H2. The van der Waals surface area contributed by atoms with E-state index in [0.717, 1.165) is 5.56 Å². The summed E-state index contributed by atoms with van der Waals surface area (Å²) in [6.45, 7) is 0.420. The molecule has 0 atom stereocenters. The van der Waals surface area contributed by atoms with Crippen molar-refractivity contribution < 1.29 is 0 Å². The normalized spacial score (nSPS) is 9.29. The summed E-state index contributed by atoms with van der Waals surface area (Å²) in [5.74, 6) is 0. The van der Waals surface area contributed by atoms with Gasteiger partial charge in [-0.05, 0) is 22.4 Å². The molecule has 0 bridgehead atoms. The Morgan fingerprint density at radius 1 is 1.71 bits per heavy atom. The lowest BCUT2D eigenvalue weighted by Crippen LogP contribution is -1.75. The van der Waals surface area contributed by atoms with Crippen LogP contribution in [0.4, 0.5) is 0 Å². The molecule has 0 aliphatic rings. The zero-order valence-corrected chi connectivity index (χ0v) is 4.66. The predicted molar refractivity (Wildman–Crippen MR) is 31.1 cm³/mol. The minimum absolute atomic E-state index is 0.420. The fourth-order valence-corrected chi connectivity index (χ4v) is 1.06. The molecular formula is C5H6NS. The third-order valence-corrected chi connectivity index (χ3v) is 1.52. The summed E-state index contributed by atoms with van der Waals surface area (Å²) in [6, 6.07) is 1.97. The van der Waals surface area contributed by atoms with E-state index in [2.05, 4.69) is 0 Å². The quantitative estimate of drug-likeness (QED) is 0.526. The Morgan fingerprint density at radius 2 is 2.57 bits per heavy atom. The summed E-state index contributed by atoms with van der Waals surface area (Å²) in [4.78, 5) is 0. The van der Waals surface area contributed by atoms with Crippen LogP contribution in [0.2, 0.25) is 0 Å². The first kappa shape index (κ1) is 4.81. The smallest absolute Gasteiger partial charge is 0.0359 e. The lowest BCUT2D eigenvalue weighted by atomic mass is 10.4. The van der Waals surface area contributed by atoms with E-state index >= 15 is 0 Å². The molecule has 0 fully saturated rings. The summed E-state index contributed by atoms with van der Waals surface area (Å²) in [5, 5.41) is 3.98. The largest absolute Gasteiger partial charge is 0.253 e. The molecule has 7 heavy (non-hydrogen) atoms. The van der Waals surface area contributed by atoms with Crippen molar-refractivity contribution in [1.82, 2.24) is 5.73 Å². The van der Waals surface area contributed by atoms with Crippen molar-refractivity contribution in [3.8, 4) is 0 Å². The van der Waals surface area contributed by atoms with Crippen LogP contribution in [0.3, 0.4) is 0 Å². The van der Waals surface area contributed by atoms with Crippen molar-refractivity contribution in [2.45, 2.75) is 6.54 Å². The Bertz CT molecular complexity index is 123. The van der Waals surface area contributed by atoms with Crippen molar-refractivity contribution in [3.05, 3.63) is 22.4 Å². The Hall–Kier alpha value is -0.340. The molecule has 1 heterocycles. The highest BCUT2D eigenvalue weighted by atomic mass is 32.1. The Labute approximate surface area is 46.8 Å². The second-order valence-corrected chi connectivity index (χ2v) is 2.09. The van der Waals surface area contributed by atoms with Crippen LogP contribution in [-0.4, -0.2) is 0 Å². The molecule has 1 nitrogen and oxygen atoms in total. The number of hydrogen-bond acceptors (Lipinski definition) is 1. The predicted octanol–water partition coefficient (Wildman–Crippen LogP) is 1.53. The van der Waals surface area contributed by atoms with Crippen LogP contribution in [0.25, 0.3) is 0 Å². The van der Waals surface area contributed by atoms with Crippen LogP contribution in [0, 0.1) is 0 Å². The van der Waals surface area contributed by atoms with Gasteiger partial charge in [-0.3, -0.25) is 5.73 Å². The van der Waals surface area contributed by atoms with Gasteiger partial charge < -0.3 is 0 Å². The Balaban J connectivity index is 2.76. The maximum Gasteiger partial charge on any atom is 0.0359 e. The summed E-state index contributed by atoms with van der Waals surface area (Å²) < 4.78 is 0. The van der Waals surface area contributed by atoms with Gasteiger partial charge in [0.15, 0.2) is 0 Å². The first-order valence-corrected chi connectivity index (χ1v) is 3.03. The highest BCUT2D eigenvalue weighted by Crippen LogP contribution is 2.03. The fourth-order valence-electron chi connectivity index (χ4n) is 0.393. The van der Waals surface area contributed by atoms with Crippen molar-refractivity contribution in [3.63, 3.8) is 0 Å². The van der Waals surface area contributed by atoms with Gasteiger partial charge in [0.1, 0.15) is 0 Å². The summed E-state index contributed by atoms with van der Waals surface area (Å²) in [7, 11) is 0. The van der Waals surface area contributed by atoms with Crippen LogP contribution in [0.5, 0.6) is 0 Å². The molecule has 2 heteroatoms. The average molecular weight is 112 g/mol. The van der Waals surface area contributed by atoms with Gasteiger partial charge >= 0.3 is 0 Å². The summed E-state index contributed by atoms with van der Waals surface area (Å²) in [6.07, 6.45) is 0. The Kier molecular flexibility index (Phi) is 1.44. The van der Waals surface area contributed by atoms with Crippen LogP contribution in [-0.2, 0) is 6.54 Å². The van der Waals surface area contributed by atoms with E-state index < -0.39 is 0 Å². The molecule has 37 valence electrons. The minimum atomic E-state index is 0.420. The number of rotatable bonds is 1. The van der Waals surface area contributed by atoms with Crippen molar-refractivity contribution in [1.29, 1.82) is 0 Å². The number of nitrogens with one attached hydrogen (secondary N) is 1. The number of hydrogen-bond donors (Lipinski definition) is 0. The van der Waals surface area contributed by atoms with E-state index in [4.69, 9.17) is 5.73 Å². The third-order valence-electron chi connectivity index (χ3n) is 0.784. The van der Waals surface area contributed by atoms with E-state index in [1.54, 1.807) is 11.3 Å². The number of thiophene rings is 1. The van der Waals surface area contributed by atoms with Gasteiger partial charge in [0.25, 0.3) is 0 Å². The van der Waals surface area contributed by atoms with Crippen LogP contribution in [0.1, 0.15) is 5.56 Å². The molecule has 0 saturated carbocycles. The molecular weight excluding hydrogens is 106 g/mol. The van der Waals surface area contributed by atoms with E-state index in [1.807, 2.05) is 16.8 Å². The molecule has 1 radical (unpaired) electrons. The maximum atomic E-state index is 6.87. The van der Waals surface area contributed by atoms with Crippen LogP contribution >= 0.6 is 11.3 Å². The first-order chi connectivity index (χ1) is 3.43. The highest BCUT2D eigenvalue weighted by molar-refractivity contribution is 7.07. The van der Waals surface area contributed by atoms with E-state index in [1.165, 1.54) is 0 Å². The second-order valence-electron chi connectivity index (χ2n) is 1.31. The zero-order valence-electron chi connectivity index (χ0n) is 3.85. The zero-order chi connectivity index (χ0) is 5.11. The molecule has 0 saturated heterocycles. The molecule has 0 unspecified atom stereocenters. The monoisotopic (exact) mass is 112 g/mol. The van der Waals surface area contributed by atoms with E-state index in [0.29, 0.717) is 6.54 Å². The molecule has 0 aliphatic carbocycles. The second kappa shape index (κ2) is 2.09. The van der Waals surface area contributed by atoms with Crippen molar-refractivity contribution in [2.75, 3.05) is 0 Å². The molecule has 1 N–H and O–H groups in total. The molecule has 1 aromatic rings. The molecule has 1 rings (SSSR count). The van der Waals surface area contributed by atoms with Gasteiger partial charge in [-0.1, -0.05) is 0 Å². The van der Waals surface area contributed by atoms with E-state index in [9.17, 15) is 0 Å². The molecule has 1 aromatic heterocycles. The van der Waals surface area contributed by atoms with E-state index in [-0.39, 0.29) is 0 Å². The van der Waals surface area contributed by atoms with Crippen LogP contribution < -0.4 is 5.73 Å². The molecule has 0 spiro atoms. The summed E-state index contributed by atoms with van der Waals surface area (Å²) >= 11 is 1.64. The average Bonchev–Trinajstić information content (AvgIpc) is 2.14. The SMILES string of the molecule is [NH]Cc1ccsc1. The first-order valence-electron chi connectivity index (χ1n) is 2.09. The van der Waals surface area contributed by atoms with Gasteiger partial charge in [-0.25, -0.2) is 0 Å². The molecule has 0 aromatic carbocycles. The van der Waals surface area contributed by atoms with Gasteiger partial charge in [0.05, 0.1) is 0 Å². The lowest BCUT2D eigenvalue weighted by molar-refractivity contribution is 1.04. The maximum absolute atomic E-state index is 6.87. The fraction of sp³-hybridized carbons (Fsp3) is 0.200.